The van der Waals surface area contributed by atoms with Gasteiger partial charge in [0.25, 0.3) is 0 Å². The predicted octanol–water partition coefficient (Wildman–Crippen LogP) is 2.94. The number of nitrogens with zero attached hydrogens (tertiary/aromatic N) is 1. The molecule has 1 aromatic carbocycles. The number of hydrogen-bond acceptors (Lipinski definition) is 3. The molecule has 3 nitrogen and oxygen atoms in total. The van der Waals surface area contributed by atoms with Crippen molar-refractivity contribution in [1.82, 2.24) is 4.98 Å². The van der Waals surface area contributed by atoms with Gasteiger partial charge in [0.05, 0.1) is 0 Å². The van der Waals surface area contributed by atoms with Crippen LogP contribution in [0, 0.1) is 13.8 Å². The molecular formula is C15H19N3. The Balaban J connectivity index is 1.92. The largest absolute Gasteiger partial charge is 0.398 e. The highest BCUT2D eigenvalue weighted by Crippen LogP contribution is 2.14. The third kappa shape index (κ3) is 3.00. The standard InChI is InChI=1S/C15H19N3/c1-11-5-3-4-6-13(11)7-8-17-15-9-14(16)12(2)10-18-15/h3-6,9-10H,7-8H2,1-2H3,(H3,16,17,18). The van der Waals surface area contributed by atoms with E-state index in [9.17, 15) is 0 Å². The van der Waals surface area contributed by atoms with Gasteiger partial charge < -0.3 is 11.1 Å². The highest BCUT2D eigenvalue weighted by Gasteiger charge is 1.99. The molecule has 0 saturated carbocycles. The molecule has 3 heteroatoms. The summed E-state index contributed by atoms with van der Waals surface area (Å²) in [4.78, 5) is 4.30. The van der Waals surface area contributed by atoms with Crippen LogP contribution in [0.4, 0.5) is 11.5 Å². The van der Waals surface area contributed by atoms with Crippen LogP contribution in [0.25, 0.3) is 0 Å². The molecule has 0 unspecified atom stereocenters. The molecule has 0 bridgehead atoms. The van der Waals surface area contributed by atoms with Crippen molar-refractivity contribution in [2.45, 2.75) is 20.3 Å². The number of aromatic nitrogens is 1. The lowest BCUT2D eigenvalue weighted by Crippen LogP contribution is -2.07. The molecular weight excluding hydrogens is 222 g/mol. The topological polar surface area (TPSA) is 50.9 Å². The fourth-order valence-corrected chi connectivity index (χ4v) is 1.85. The normalized spacial score (nSPS) is 10.3. The minimum absolute atomic E-state index is 0.781. The van der Waals surface area contributed by atoms with E-state index >= 15 is 0 Å². The molecule has 0 radical (unpaired) electrons. The Morgan fingerprint density at radius 3 is 2.67 bits per heavy atom. The summed E-state index contributed by atoms with van der Waals surface area (Å²) in [5.74, 6) is 0.840. The molecule has 2 aromatic rings. The molecule has 0 fully saturated rings. The van der Waals surface area contributed by atoms with E-state index in [4.69, 9.17) is 5.73 Å². The first kappa shape index (κ1) is 12.4. The lowest BCUT2D eigenvalue weighted by atomic mass is 10.1. The Kier molecular flexibility index (Phi) is 3.82. The predicted molar refractivity (Wildman–Crippen MR) is 76.8 cm³/mol. The van der Waals surface area contributed by atoms with Crippen LogP contribution in [0.5, 0.6) is 0 Å². The summed E-state index contributed by atoms with van der Waals surface area (Å²) < 4.78 is 0. The van der Waals surface area contributed by atoms with Crippen LogP contribution in [0.15, 0.2) is 36.5 Å². The SMILES string of the molecule is Cc1cnc(NCCc2ccccc2C)cc1N. The van der Waals surface area contributed by atoms with E-state index in [-0.39, 0.29) is 0 Å². The number of nitrogens with one attached hydrogen (secondary N) is 1. The number of nitrogen functional groups attached to an aromatic ring is 1. The molecule has 0 amide bonds. The van der Waals surface area contributed by atoms with E-state index in [0.29, 0.717) is 0 Å². The Morgan fingerprint density at radius 2 is 1.94 bits per heavy atom. The van der Waals surface area contributed by atoms with Crippen LogP contribution < -0.4 is 11.1 Å². The van der Waals surface area contributed by atoms with Gasteiger partial charge in [0.15, 0.2) is 0 Å². The maximum absolute atomic E-state index is 5.85. The fourth-order valence-electron chi connectivity index (χ4n) is 1.85. The number of nitrogens with two attached hydrogens (primary N) is 1. The van der Waals surface area contributed by atoms with Gasteiger partial charge in [-0.2, -0.15) is 0 Å². The Hall–Kier alpha value is -2.03. The fraction of sp³-hybridized carbons (Fsp3) is 0.267. The van der Waals surface area contributed by atoms with E-state index in [1.165, 1.54) is 11.1 Å². The summed E-state index contributed by atoms with van der Waals surface area (Å²) in [7, 11) is 0. The minimum atomic E-state index is 0.781. The van der Waals surface area contributed by atoms with Crippen LogP contribution in [0.3, 0.4) is 0 Å². The average Bonchev–Trinajstić information content (AvgIpc) is 2.36. The summed E-state index contributed by atoms with van der Waals surface area (Å²) in [6.07, 6.45) is 2.79. The van der Waals surface area contributed by atoms with E-state index in [1.807, 2.05) is 13.0 Å². The molecule has 3 N–H and O–H groups in total. The first-order valence-electron chi connectivity index (χ1n) is 6.17. The number of benzene rings is 1. The smallest absolute Gasteiger partial charge is 0.127 e. The van der Waals surface area contributed by atoms with Crippen molar-refractivity contribution < 1.29 is 0 Å². The second-order valence-corrected chi connectivity index (χ2v) is 4.53. The molecule has 18 heavy (non-hydrogen) atoms. The van der Waals surface area contributed by atoms with Crippen molar-refractivity contribution in [3.05, 3.63) is 53.2 Å². The van der Waals surface area contributed by atoms with Gasteiger partial charge in [0, 0.05) is 24.5 Å². The summed E-state index contributed by atoms with van der Waals surface area (Å²) in [5, 5.41) is 3.30. The van der Waals surface area contributed by atoms with Crippen molar-refractivity contribution in [1.29, 1.82) is 0 Å². The van der Waals surface area contributed by atoms with Gasteiger partial charge in [0.1, 0.15) is 5.82 Å². The highest BCUT2D eigenvalue weighted by molar-refractivity contribution is 5.53. The first-order chi connectivity index (χ1) is 8.66. The van der Waals surface area contributed by atoms with Gasteiger partial charge in [-0.25, -0.2) is 4.98 Å². The van der Waals surface area contributed by atoms with Crippen LogP contribution in [-0.2, 0) is 6.42 Å². The maximum Gasteiger partial charge on any atom is 0.127 e. The third-order valence-electron chi connectivity index (χ3n) is 3.11. The third-order valence-corrected chi connectivity index (χ3v) is 3.11. The highest BCUT2D eigenvalue weighted by atomic mass is 15.0. The second kappa shape index (κ2) is 5.54. The summed E-state index contributed by atoms with van der Waals surface area (Å²) in [6.45, 7) is 4.96. The summed E-state index contributed by atoms with van der Waals surface area (Å²) in [6, 6.07) is 10.3. The first-order valence-corrected chi connectivity index (χ1v) is 6.17. The van der Waals surface area contributed by atoms with Crippen molar-refractivity contribution in [2.75, 3.05) is 17.6 Å². The molecule has 0 aliphatic rings. The molecule has 0 aliphatic heterocycles. The number of rotatable bonds is 4. The molecule has 0 aliphatic carbocycles. The van der Waals surface area contributed by atoms with Crippen LogP contribution in [0.1, 0.15) is 16.7 Å². The van der Waals surface area contributed by atoms with E-state index in [0.717, 1.165) is 30.0 Å². The summed E-state index contributed by atoms with van der Waals surface area (Å²) in [5.41, 5.74) is 10.3. The van der Waals surface area contributed by atoms with E-state index < -0.39 is 0 Å². The van der Waals surface area contributed by atoms with Gasteiger partial charge >= 0.3 is 0 Å². The summed E-state index contributed by atoms with van der Waals surface area (Å²) >= 11 is 0. The molecule has 0 saturated heterocycles. The average molecular weight is 241 g/mol. The van der Waals surface area contributed by atoms with Gasteiger partial charge in [-0.15, -0.1) is 0 Å². The van der Waals surface area contributed by atoms with Gasteiger partial charge in [-0.05, 0) is 37.0 Å². The molecule has 94 valence electrons. The number of hydrogen-bond donors (Lipinski definition) is 2. The van der Waals surface area contributed by atoms with Crippen LogP contribution in [-0.4, -0.2) is 11.5 Å². The molecule has 0 atom stereocenters. The van der Waals surface area contributed by atoms with Crippen molar-refractivity contribution in [2.24, 2.45) is 0 Å². The van der Waals surface area contributed by atoms with Gasteiger partial charge in [-0.1, -0.05) is 24.3 Å². The van der Waals surface area contributed by atoms with Crippen LogP contribution in [0.2, 0.25) is 0 Å². The molecule has 1 aromatic heterocycles. The zero-order valence-corrected chi connectivity index (χ0v) is 10.9. The number of pyridine rings is 1. The Bertz CT molecular complexity index is 535. The van der Waals surface area contributed by atoms with E-state index in [1.54, 1.807) is 6.20 Å². The number of aryl methyl sites for hydroxylation is 2. The monoisotopic (exact) mass is 241 g/mol. The van der Waals surface area contributed by atoms with E-state index in [2.05, 4.69) is 41.5 Å². The zero-order valence-electron chi connectivity index (χ0n) is 10.9. The van der Waals surface area contributed by atoms with Crippen molar-refractivity contribution in [3.8, 4) is 0 Å². The van der Waals surface area contributed by atoms with Crippen molar-refractivity contribution in [3.63, 3.8) is 0 Å². The van der Waals surface area contributed by atoms with Crippen LogP contribution >= 0.6 is 0 Å². The lowest BCUT2D eigenvalue weighted by Gasteiger charge is -2.09. The van der Waals surface area contributed by atoms with Crippen molar-refractivity contribution >= 4 is 11.5 Å². The quantitative estimate of drug-likeness (QED) is 0.865. The Labute approximate surface area is 108 Å². The van der Waals surface area contributed by atoms with Gasteiger partial charge in [0.2, 0.25) is 0 Å². The molecule has 0 spiro atoms. The lowest BCUT2D eigenvalue weighted by molar-refractivity contribution is 0.993. The van der Waals surface area contributed by atoms with Gasteiger partial charge in [-0.3, -0.25) is 0 Å². The minimum Gasteiger partial charge on any atom is -0.398 e. The second-order valence-electron chi connectivity index (χ2n) is 4.53. The maximum atomic E-state index is 5.85. The zero-order chi connectivity index (χ0) is 13.0. The Morgan fingerprint density at radius 1 is 1.17 bits per heavy atom. The number of anilines is 2. The molecule has 1 heterocycles. The molecule has 2 rings (SSSR count).